The highest BCUT2D eigenvalue weighted by atomic mass is 35.5. The molecule has 0 aliphatic rings. The average molecular weight is 315 g/mol. The largest absolute Gasteiger partial charge is 0.489 e. The SMILES string of the molecule is O=C(O)c1cc(F)cc(OCc2cc(Cl)ccc2Cl)c1. The molecule has 0 unspecified atom stereocenters. The van der Waals surface area contributed by atoms with Crippen molar-refractivity contribution in [3.63, 3.8) is 0 Å². The number of carboxylic acids is 1. The average Bonchev–Trinajstić information content (AvgIpc) is 2.39. The Bertz CT molecular complexity index is 659. The van der Waals surface area contributed by atoms with Gasteiger partial charge in [0, 0.05) is 21.7 Å². The van der Waals surface area contributed by atoms with Crippen LogP contribution in [0.15, 0.2) is 36.4 Å². The zero-order valence-corrected chi connectivity index (χ0v) is 11.6. The van der Waals surface area contributed by atoms with Gasteiger partial charge in [0.1, 0.15) is 18.2 Å². The molecule has 0 bridgehead atoms. The summed E-state index contributed by atoms with van der Waals surface area (Å²) < 4.78 is 18.6. The van der Waals surface area contributed by atoms with Crippen molar-refractivity contribution in [3.8, 4) is 5.75 Å². The fourth-order valence-corrected chi connectivity index (χ4v) is 1.95. The lowest BCUT2D eigenvalue weighted by Crippen LogP contribution is -2.01. The standard InChI is InChI=1S/C14H9Cl2FO3/c15-10-1-2-13(16)9(3-10)7-20-12-5-8(14(18)19)4-11(17)6-12/h1-6H,7H2,(H,18,19). The van der Waals surface area contributed by atoms with Crippen molar-refractivity contribution in [1.82, 2.24) is 0 Å². The third-order valence-electron chi connectivity index (χ3n) is 2.52. The molecule has 2 rings (SSSR count). The van der Waals surface area contributed by atoms with Crippen LogP contribution >= 0.6 is 23.2 Å². The zero-order valence-electron chi connectivity index (χ0n) is 10.1. The van der Waals surface area contributed by atoms with Gasteiger partial charge in [-0.25, -0.2) is 9.18 Å². The minimum absolute atomic E-state index is 0.0574. The first kappa shape index (κ1) is 14.6. The number of rotatable bonds is 4. The molecule has 0 atom stereocenters. The molecule has 2 aromatic carbocycles. The number of hydrogen-bond donors (Lipinski definition) is 1. The van der Waals surface area contributed by atoms with Gasteiger partial charge in [-0.1, -0.05) is 23.2 Å². The molecule has 1 N–H and O–H groups in total. The van der Waals surface area contributed by atoms with Crippen molar-refractivity contribution >= 4 is 29.2 Å². The van der Waals surface area contributed by atoms with E-state index in [2.05, 4.69) is 0 Å². The highest BCUT2D eigenvalue weighted by Crippen LogP contribution is 2.23. The number of aromatic carboxylic acids is 1. The monoisotopic (exact) mass is 314 g/mol. The summed E-state index contributed by atoms with van der Waals surface area (Å²) in [6, 6.07) is 8.15. The van der Waals surface area contributed by atoms with Crippen LogP contribution in [-0.4, -0.2) is 11.1 Å². The molecule has 0 aromatic heterocycles. The fraction of sp³-hybridized carbons (Fsp3) is 0.0714. The van der Waals surface area contributed by atoms with Crippen LogP contribution in [0.25, 0.3) is 0 Å². The summed E-state index contributed by atoms with van der Waals surface area (Å²) in [6.07, 6.45) is 0. The Morgan fingerprint density at radius 1 is 1.20 bits per heavy atom. The Morgan fingerprint density at radius 2 is 1.95 bits per heavy atom. The van der Waals surface area contributed by atoms with E-state index in [-0.39, 0.29) is 17.9 Å². The van der Waals surface area contributed by atoms with E-state index in [1.165, 1.54) is 6.07 Å². The molecule has 20 heavy (non-hydrogen) atoms. The van der Waals surface area contributed by atoms with Gasteiger partial charge in [0.15, 0.2) is 0 Å². The molecule has 0 saturated heterocycles. The predicted octanol–water partition coefficient (Wildman–Crippen LogP) is 4.41. The fourth-order valence-electron chi connectivity index (χ4n) is 1.58. The molecule has 0 heterocycles. The smallest absolute Gasteiger partial charge is 0.335 e. The lowest BCUT2D eigenvalue weighted by molar-refractivity contribution is 0.0695. The Balaban J connectivity index is 2.18. The first-order chi connectivity index (χ1) is 9.45. The van der Waals surface area contributed by atoms with Crippen LogP contribution in [0.1, 0.15) is 15.9 Å². The number of ether oxygens (including phenoxy) is 1. The van der Waals surface area contributed by atoms with Crippen molar-refractivity contribution in [2.24, 2.45) is 0 Å². The third-order valence-corrected chi connectivity index (χ3v) is 3.12. The van der Waals surface area contributed by atoms with Gasteiger partial charge in [0.25, 0.3) is 0 Å². The van der Waals surface area contributed by atoms with Gasteiger partial charge in [-0.05, 0) is 30.3 Å². The molecule has 6 heteroatoms. The lowest BCUT2D eigenvalue weighted by atomic mass is 10.2. The number of carboxylic acid groups (broad SMARTS) is 1. The van der Waals surface area contributed by atoms with E-state index in [1.807, 2.05) is 0 Å². The van der Waals surface area contributed by atoms with Crippen molar-refractivity contribution in [3.05, 3.63) is 63.4 Å². The van der Waals surface area contributed by atoms with Crippen LogP contribution in [0.5, 0.6) is 5.75 Å². The summed E-state index contributed by atoms with van der Waals surface area (Å²) in [4.78, 5) is 10.8. The molecule has 0 amide bonds. The van der Waals surface area contributed by atoms with Gasteiger partial charge < -0.3 is 9.84 Å². The summed E-state index contributed by atoms with van der Waals surface area (Å²) in [5, 5.41) is 9.80. The summed E-state index contributed by atoms with van der Waals surface area (Å²) in [5.74, 6) is -1.80. The molecule has 0 aliphatic heterocycles. The Kier molecular flexibility index (Phi) is 4.47. The summed E-state index contributed by atoms with van der Waals surface area (Å²) in [5.41, 5.74) is 0.442. The maximum absolute atomic E-state index is 13.3. The van der Waals surface area contributed by atoms with E-state index < -0.39 is 11.8 Å². The zero-order chi connectivity index (χ0) is 14.7. The maximum Gasteiger partial charge on any atom is 0.335 e. The van der Waals surface area contributed by atoms with Gasteiger partial charge in [-0.15, -0.1) is 0 Å². The van der Waals surface area contributed by atoms with Gasteiger partial charge in [0.2, 0.25) is 0 Å². The van der Waals surface area contributed by atoms with E-state index in [0.29, 0.717) is 15.6 Å². The highest BCUT2D eigenvalue weighted by Gasteiger charge is 2.09. The van der Waals surface area contributed by atoms with Crippen LogP contribution < -0.4 is 4.74 Å². The molecule has 0 saturated carbocycles. The van der Waals surface area contributed by atoms with Crippen LogP contribution in [0.4, 0.5) is 4.39 Å². The number of halogens is 3. The lowest BCUT2D eigenvalue weighted by Gasteiger charge is -2.09. The minimum atomic E-state index is -1.23. The molecule has 0 aliphatic carbocycles. The third kappa shape index (κ3) is 3.62. The molecule has 3 nitrogen and oxygen atoms in total. The Morgan fingerprint density at radius 3 is 2.65 bits per heavy atom. The summed E-state index contributed by atoms with van der Waals surface area (Å²) in [7, 11) is 0. The van der Waals surface area contributed by atoms with E-state index >= 15 is 0 Å². The van der Waals surface area contributed by atoms with E-state index in [1.54, 1.807) is 18.2 Å². The van der Waals surface area contributed by atoms with Gasteiger partial charge >= 0.3 is 5.97 Å². The molecular formula is C14H9Cl2FO3. The van der Waals surface area contributed by atoms with Crippen LogP contribution in [0.3, 0.4) is 0 Å². The minimum Gasteiger partial charge on any atom is -0.489 e. The first-order valence-electron chi connectivity index (χ1n) is 5.56. The van der Waals surface area contributed by atoms with Gasteiger partial charge in [-0.3, -0.25) is 0 Å². The first-order valence-corrected chi connectivity index (χ1v) is 6.32. The molecule has 0 spiro atoms. The summed E-state index contributed by atoms with van der Waals surface area (Å²) >= 11 is 11.8. The van der Waals surface area contributed by atoms with Gasteiger partial charge in [0.05, 0.1) is 5.56 Å². The molecular weight excluding hydrogens is 306 g/mol. The van der Waals surface area contributed by atoms with Crippen LogP contribution in [0.2, 0.25) is 10.0 Å². The molecule has 2 aromatic rings. The van der Waals surface area contributed by atoms with Crippen LogP contribution in [0, 0.1) is 5.82 Å². The molecule has 0 radical (unpaired) electrons. The summed E-state index contributed by atoms with van der Waals surface area (Å²) in [6.45, 7) is 0.0574. The maximum atomic E-state index is 13.3. The van der Waals surface area contributed by atoms with Crippen molar-refractivity contribution in [2.75, 3.05) is 0 Å². The van der Waals surface area contributed by atoms with Crippen molar-refractivity contribution in [1.29, 1.82) is 0 Å². The predicted molar refractivity (Wildman–Crippen MR) is 74.2 cm³/mol. The second-order valence-electron chi connectivity index (χ2n) is 4.01. The van der Waals surface area contributed by atoms with Crippen molar-refractivity contribution in [2.45, 2.75) is 6.61 Å². The van der Waals surface area contributed by atoms with E-state index in [4.69, 9.17) is 33.0 Å². The number of carbonyl (C=O) groups is 1. The Hall–Kier alpha value is -1.78. The molecule has 0 fully saturated rings. The normalized spacial score (nSPS) is 10.3. The second-order valence-corrected chi connectivity index (χ2v) is 4.85. The van der Waals surface area contributed by atoms with Gasteiger partial charge in [-0.2, -0.15) is 0 Å². The molecule has 104 valence electrons. The second kappa shape index (κ2) is 6.11. The van der Waals surface area contributed by atoms with Crippen molar-refractivity contribution < 1.29 is 19.0 Å². The Labute approximate surface area is 124 Å². The number of benzene rings is 2. The highest BCUT2D eigenvalue weighted by molar-refractivity contribution is 6.33. The number of hydrogen-bond acceptors (Lipinski definition) is 2. The van der Waals surface area contributed by atoms with E-state index in [0.717, 1.165) is 12.1 Å². The van der Waals surface area contributed by atoms with E-state index in [9.17, 15) is 9.18 Å². The quantitative estimate of drug-likeness (QED) is 0.909. The van der Waals surface area contributed by atoms with Crippen LogP contribution in [-0.2, 0) is 6.61 Å². The topological polar surface area (TPSA) is 46.5 Å².